The number of amides is 1. The minimum absolute atomic E-state index is 0.00486. The highest BCUT2D eigenvalue weighted by Gasteiger charge is 2.21. The number of carbonyl (C=O) groups excluding carboxylic acids is 1. The summed E-state index contributed by atoms with van der Waals surface area (Å²) in [6.45, 7) is 3.88. The lowest BCUT2D eigenvalue weighted by Crippen LogP contribution is -2.34. The van der Waals surface area contributed by atoms with Crippen molar-refractivity contribution in [1.82, 2.24) is 4.90 Å². The van der Waals surface area contributed by atoms with E-state index in [4.69, 9.17) is 5.26 Å². The lowest BCUT2D eigenvalue weighted by molar-refractivity contribution is 0.0750. The van der Waals surface area contributed by atoms with Gasteiger partial charge in [-0.2, -0.15) is 5.26 Å². The van der Waals surface area contributed by atoms with Crippen molar-refractivity contribution in [1.29, 1.82) is 5.26 Å². The molecule has 0 aliphatic heterocycles. The van der Waals surface area contributed by atoms with E-state index in [9.17, 15) is 4.79 Å². The van der Waals surface area contributed by atoms with Gasteiger partial charge >= 0.3 is 0 Å². The van der Waals surface area contributed by atoms with E-state index in [2.05, 4.69) is 28.7 Å². The molecule has 1 heterocycles. The Kier molecular flexibility index (Phi) is 4.74. The maximum absolute atomic E-state index is 12.1. The van der Waals surface area contributed by atoms with E-state index >= 15 is 0 Å². The predicted octanol–water partition coefficient (Wildman–Crippen LogP) is 3.04. The summed E-state index contributed by atoms with van der Waals surface area (Å²) in [6, 6.07) is 2.04. The van der Waals surface area contributed by atoms with Crippen molar-refractivity contribution in [2.24, 2.45) is 0 Å². The standard InChI is InChI=1S/C11H13IN2OS/c1-7-6-16-10(9(7)12)11(15)14(3)8(2)4-5-13/h6,8H,4H2,1-3H3. The van der Waals surface area contributed by atoms with Crippen LogP contribution in [0.4, 0.5) is 0 Å². The summed E-state index contributed by atoms with van der Waals surface area (Å²) in [5, 5.41) is 10.6. The van der Waals surface area contributed by atoms with E-state index in [-0.39, 0.29) is 11.9 Å². The molecule has 0 aromatic carbocycles. The molecule has 1 unspecified atom stereocenters. The van der Waals surface area contributed by atoms with E-state index in [0.717, 1.165) is 14.0 Å². The van der Waals surface area contributed by atoms with Gasteiger partial charge in [0.25, 0.3) is 5.91 Å². The smallest absolute Gasteiger partial charge is 0.265 e. The lowest BCUT2D eigenvalue weighted by Gasteiger charge is -2.22. The average molecular weight is 348 g/mol. The molecule has 1 rings (SSSR count). The molecule has 1 aromatic rings. The summed E-state index contributed by atoms with van der Waals surface area (Å²) < 4.78 is 1.02. The molecule has 16 heavy (non-hydrogen) atoms. The molecule has 1 amide bonds. The van der Waals surface area contributed by atoms with Gasteiger partial charge in [-0.3, -0.25) is 4.79 Å². The highest BCUT2D eigenvalue weighted by molar-refractivity contribution is 14.1. The number of hydrogen-bond donors (Lipinski definition) is 0. The third-order valence-electron chi connectivity index (χ3n) is 2.46. The van der Waals surface area contributed by atoms with Gasteiger partial charge < -0.3 is 4.90 Å². The number of nitrogens with zero attached hydrogens (tertiary/aromatic N) is 2. The van der Waals surface area contributed by atoms with Gasteiger partial charge in [-0.05, 0) is 47.4 Å². The maximum Gasteiger partial charge on any atom is 0.265 e. The van der Waals surface area contributed by atoms with Crippen molar-refractivity contribution in [3.63, 3.8) is 0 Å². The SMILES string of the molecule is Cc1csc(C(=O)N(C)C(C)CC#N)c1I. The van der Waals surface area contributed by atoms with Crippen LogP contribution in [0.25, 0.3) is 0 Å². The molecule has 0 aliphatic rings. The van der Waals surface area contributed by atoms with Crippen LogP contribution in [0.5, 0.6) is 0 Å². The summed E-state index contributed by atoms with van der Waals surface area (Å²) >= 11 is 3.66. The third-order valence-corrected chi connectivity index (χ3v) is 5.30. The van der Waals surface area contributed by atoms with Crippen molar-refractivity contribution >= 4 is 39.8 Å². The Morgan fingerprint density at radius 1 is 1.75 bits per heavy atom. The van der Waals surface area contributed by atoms with Gasteiger partial charge in [0.05, 0.1) is 12.5 Å². The topological polar surface area (TPSA) is 44.1 Å². The first-order valence-corrected chi connectivity index (χ1v) is 6.82. The van der Waals surface area contributed by atoms with Gasteiger partial charge in [-0.15, -0.1) is 11.3 Å². The van der Waals surface area contributed by atoms with Crippen LogP contribution in [0.1, 0.15) is 28.6 Å². The number of halogens is 1. The Hall–Kier alpha value is -0.610. The number of nitriles is 1. The van der Waals surface area contributed by atoms with E-state index in [0.29, 0.717) is 6.42 Å². The van der Waals surface area contributed by atoms with Crippen LogP contribution < -0.4 is 0 Å². The Morgan fingerprint density at radius 3 is 2.81 bits per heavy atom. The largest absolute Gasteiger partial charge is 0.337 e. The highest BCUT2D eigenvalue weighted by atomic mass is 127. The molecular weight excluding hydrogens is 335 g/mol. The minimum Gasteiger partial charge on any atom is -0.337 e. The second-order valence-corrected chi connectivity index (χ2v) is 5.65. The second kappa shape index (κ2) is 5.64. The zero-order valence-electron chi connectivity index (χ0n) is 9.45. The van der Waals surface area contributed by atoms with Crippen LogP contribution in [-0.2, 0) is 0 Å². The quantitative estimate of drug-likeness (QED) is 0.788. The maximum atomic E-state index is 12.1. The first-order chi connectivity index (χ1) is 7.49. The van der Waals surface area contributed by atoms with Crippen molar-refractivity contribution in [2.45, 2.75) is 26.3 Å². The molecule has 1 atom stereocenters. The van der Waals surface area contributed by atoms with Gasteiger partial charge in [0.2, 0.25) is 0 Å². The highest BCUT2D eigenvalue weighted by Crippen LogP contribution is 2.25. The van der Waals surface area contributed by atoms with Crippen molar-refractivity contribution in [3.05, 3.63) is 19.4 Å². The predicted molar refractivity (Wildman–Crippen MR) is 73.6 cm³/mol. The van der Waals surface area contributed by atoms with Crippen molar-refractivity contribution in [2.75, 3.05) is 7.05 Å². The Morgan fingerprint density at radius 2 is 2.38 bits per heavy atom. The average Bonchev–Trinajstić information content (AvgIpc) is 2.58. The van der Waals surface area contributed by atoms with E-state index in [1.54, 1.807) is 11.9 Å². The molecular formula is C11H13IN2OS. The van der Waals surface area contributed by atoms with Crippen LogP contribution >= 0.6 is 33.9 Å². The number of hydrogen-bond acceptors (Lipinski definition) is 3. The Labute approximate surface area is 113 Å². The first-order valence-electron chi connectivity index (χ1n) is 4.86. The van der Waals surface area contributed by atoms with Crippen LogP contribution in [0.2, 0.25) is 0 Å². The third kappa shape index (κ3) is 2.74. The van der Waals surface area contributed by atoms with Gasteiger partial charge in [-0.25, -0.2) is 0 Å². The van der Waals surface area contributed by atoms with E-state index < -0.39 is 0 Å². The number of aryl methyl sites for hydroxylation is 1. The molecule has 0 fully saturated rings. The molecule has 86 valence electrons. The van der Waals surface area contributed by atoms with Crippen LogP contribution in [0.15, 0.2) is 5.38 Å². The monoisotopic (exact) mass is 348 g/mol. The van der Waals surface area contributed by atoms with Crippen LogP contribution in [0, 0.1) is 21.8 Å². The number of thiophene rings is 1. The van der Waals surface area contributed by atoms with Crippen LogP contribution in [-0.4, -0.2) is 23.9 Å². The molecule has 0 saturated carbocycles. The number of carbonyl (C=O) groups is 1. The zero-order chi connectivity index (χ0) is 12.3. The molecule has 0 spiro atoms. The van der Waals surface area contributed by atoms with Crippen LogP contribution in [0.3, 0.4) is 0 Å². The lowest BCUT2D eigenvalue weighted by atomic mass is 10.2. The van der Waals surface area contributed by atoms with Gasteiger partial charge in [0, 0.05) is 16.7 Å². The van der Waals surface area contributed by atoms with Gasteiger partial charge in [0.1, 0.15) is 4.88 Å². The van der Waals surface area contributed by atoms with E-state index in [1.807, 2.05) is 19.2 Å². The van der Waals surface area contributed by atoms with Gasteiger partial charge in [0.15, 0.2) is 0 Å². The molecule has 5 heteroatoms. The van der Waals surface area contributed by atoms with Crippen molar-refractivity contribution < 1.29 is 4.79 Å². The summed E-state index contributed by atoms with van der Waals surface area (Å²) in [7, 11) is 1.75. The fourth-order valence-corrected chi connectivity index (χ4v) is 3.10. The Bertz CT molecular complexity index is 436. The number of rotatable bonds is 3. The molecule has 1 aromatic heterocycles. The molecule has 0 bridgehead atoms. The summed E-state index contributed by atoms with van der Waals surface area (Å²) in [5.74, 6) is 0.00486. The van der Waals surface area contributed by atoms with E-state index in [1.165, 1.54) is 11.3 Å². The summed E-state index contributed by atoms with van der Waals surface area (Å²) in [6.07, 6.45) is 0.364. The molecule has 3 nitrogen and oxygen atoms in total. The fourth-order valence-electron chi connectivity index (χ4n) is 1.20. The second-order valence-electron chi connectivity index (χ2n) is 3.69. The summed E-state index contributed by atoms with van der Waals surface area (Å²) in [5.41, 5.74) is 1.13. The molecule has 0 saturated heterocycles. The normalized spacial score (nSPS) is 11.9. The zero-order valence-corrected chi connectivity index (χ0v) is 12.4. The molecule has 0 aliphatic carbocycles. The minimum atomic E-state index is -0.0456. The molecule has 0 N–H and O–H groups in total. The Balaban J connectivity index is 2.87. The van der Waals surface area contributed by atoms with Crippen molar-refractivity contribution in [3.8, 4) is 6.07 Å². The summed E-state index contributed by atoms with van der Waals surface area (Å²) in [4.78, 5) is 14.5. The first kappa shape index (κ1) is 13.5. The fraction of sp³-hybridized carbons (Fsp3) is 0.455. The molecule has 0 radical (unpaired) electrons. The van der Waals surface area contributed by atoms with Gasteiger partial charge in [-0.1, -0.05) is 0 Å².